The van der Waals surface area contributed by atoms with Crippen LogP contribution in [-0.2, 0) is 0 Å². The van der Waals surface area contributed by atoms with E-state index in [2.05, 4.69) is 146 Å². The molecular formula is C46H30N4. The van der Waals surface area contributed by atoms with Gasteiger partial charge >= 0.3 is 0 Å². The highest BCUT2D eigenvalue weighted by Gasteiger charge is 2.15. The highest BCUT2D eigenvalue weighted by Crippen LogP contribution is 2.34. The van der Waals surface area contributed by atoms with Crippen LogP contribution in [0.5, 0.6) is 0 Å². The molecule has 7 aromatic carbocycles. The molecule has 9 aromatic rings. The van der Waals surface area contributed by atoms with E-state index in [1.807, 2.05) is 36.4 Å². The molecule has 0 radical (unpaired) electrons. The summed E-state index contributed by atoms with van der Waals surface area (Å²) < 4.78 is 0. The van der Waals surface area contributed by atoms with Crippen molar-refractivity contribution >= 4 is 21.8 Å². The van der Waals surface area contributed by atoms with E-state index in [9.17, 15) is 0 Å². The van der Waals surface area contributed by atoms with Crippen LogP contribution in [0.2, 0.25) is 0 Å². The quantitative estimate of drug-likeness (QED) is 0.182. The molecule has 0 fully saturated rings. The maximum absolute atomic E-state index is 5.18. The van der Waals surface area contributed by atoms with Gasteiger partial charge in [0.1, 0.15) is 0 Å². The minimum atomic E-state index is 0.682. The summed E-state index contributed by atoms with van der Waals surface area (Å²) in [5, 5.41) is 2.03. The molecule has 0 amide bonds. The normalized spacial score (nSPS) is 11.2. The maximum Gasteiger partial charge on any atom is 0.160 e. The maximum atomic E-state index is 5.18. The smallest absolute Gasteiger partial charge is 0.160 e. The van der Waals surface area contributed by atoms with Crippen LogP contribution in [0.25, 0.3) is 89.4 Å². The molecule has 0 bridgehead atoms. The van der Waals surface area contributed by atoms with Gasteiger partial charge in [0.25, 0.3) is 0 Å². The highest BCUT2D eigenvalue weighted by atomic mass is 14.9. The first-order valence-electron chi connectivity index (χ1n) is 16.7. The molecule has 4 nitrogen and oxygen atoms in total. The largest absolute Gasteiger partial charge is 0.228 e. The number of fused-ring (bicyclic) bond motifs is 2. The SMILES string of the molecule is c1ccc(-c2cccc(-c3nc(-c4ccc(-c5nc(-c6cccc(-c7ccccc7)c6)c6ccccc6n5)cc4)c4ccccc4n3)c2)cc1. The third-order valence-electron chi connectivity index (χ3n) is 9.09. The fraction of sp³-hybridized carbons (Fsp3) is 0. The molecule has 0 aliphatic rings. The molecule has 0 aliphatic heterocycles. The fourth-order valence-electron chi connectivity index (χ4n) is 6.57. The van der Waals surface area contributed by atoms with Gasteiger partial charge in [0.2, 0.25) is 0 Å². The van der Waals surface area contributed by atoms with Crippen LogP contribution in [0.3, 0.4) is 0 Å². The zero-order valence-electron chi connectivity index (χ0n) is 27.1. The molecule has 9 rings (SSSR count). The van der Waals surface area contributed by atoms with E-state index in [0.717, 1.165) is 72.1 Å². The number of hydrogen-bond acceptors (Lipinski definition) is 4. The summed E-state index contributed by atoms with van der Waals surface area (Å²) in [7, 11) is 0. The lowest BCUT2D eigenvalue weighted by Crippen LogP contribution is -1.97. The molecule has 0 saturated heterocycles. The Morgan fingerprint density at radius 2 is 0.640 bits per heavy atom. The first kappa shape index (κ1) is 29.4. The fourth-order valence-corrected chi connectivity index (χ4v) is 6.57. The standard InChI is InChI=1S/C46H30N4/c1-3-13-31(14-4-1)35-17-11-19-37(29-35)44-40-22-8-10-24-42(40)47-45(50-44)34-27-25-33(26-28-34)43-39-21-7-9-23-41(39)48-46(49-43)38-20-12-18-36(30-38)32-15-5-2-6-16-32/h1-30H. The van der Waals surface area contributed by atoms with Crippen LogP contribution < -0.4 is 0 Å². The molecule has 234 valence electrons. The van der Waals surface area contributed by atoms with Crippen molar-refractivity contribution in [3.63, 3.8) is 0 Å². The predicted octanol–water partition coefficient (Wildman–Crippen LogP) is 11.6. The zero-order chi connectivity index (χ0) is 33.3. The molecule has 0 unspecified atom stereocenters. The third kappa shape index (κ3) is 5.59. The minimum absolute atomic E-state index is 0.682. The van der Waals surface area contributed by atoms with E-state index < -0.39 is 0 Å². The van der Waals surface area contributed by atoms with Gasteiger partial charge in [0, 0.05) is 33.0 Å². The summed E-state index contributed by atoms with van der Waals surface area (Å²) in [5.74, 6) is 1.38. The monoisotopic (exact) mass is 638 g/mol. The van der Waals surface area contributed by atoms with Gasteiger partial charge in [-0.1, -0.05) is 158 Å². The van der Waals surface area contributed by atoms with Crippen molar-refractivity contribution in [2.75, 3.05) is 0 Å². The van der Waals surface area contributed by atoms with Crippen LogP contribution in [0, 0.1) is 0 Å². The molecule has 0 atom stereocenters. The molecule has 2 heterocycles. The van der Waals surface area contributed by atoms with Gasteiger partial charge in [-0.2, -0.15) is 0 Å². The molecule has 2 aromatic heterocycles. The molecule has 0 spiro atoms. The Morgan fingerprint density at radius 3 is 1.22 bits per heavy atom. The van der Waals surface area contributed by atoms with E-state index in [4.69, 9.17) is 19.9 Å². The Kier molecular flexibility index (Phi) is 7.45. The predicted molar refractivity (Wildman–Crippen MR) is 205 cm³/mol. The summed E-state index contributed by atoms with van der Waals surface area (Å²) in [6, 6.07) is 62.7. The van der Waals surface area contributed by atoms with Crippen LogP contribution in [-0.4, -0.2) is 19.9 Å². The number of benzene rings is 7. The number of aromatic nitrogens is 4. The number of nitrogens with zero attached hydrogens (tertiary/aromatic N) is 4. The number of hydrogen-bond donors (Lipinski definition) is 0. The molecule has 4 heteroatoms. The van der Waals surface area contributed by atoms with Crippen molar-refractivity contribution < 1.29 is 0 Å². The average molecular weight is 639 g/mol. The summed E-state index contributed by atoms with van der Waals surface area (Å²) >= 11 is 0. The van der Waals surface area contributed by atoms with E-state index in [1.165, 1.54) is 5.56 Å². The molecule has 0 saturated carbocycles. The van der Waals surface area contributed by atoms with Gasteiger partial charge in [-0.15, -0.1) is 0 Å². The van der Waals surface area contributed by atoms with Gasteiger partial charge in [-0.05, 0) is 46.5 Å². The topological polar surface area (TPSA) is 51.6 Å². The van der Waals surface area contributed by atoms with Crippen molar-refractivity contribution in [3.8, 4) is 67.5 Å². The molecule has 50 heavy (non-hydrogen) atoms. The lowest BCUT2D eigenvalue weighted by atomic mass is 9.99. The van der Waals surface area contributed by atoms with Gasteiger partial charge in [0.05, 0.1) is 22.4 Å². The van der Waals surface area contributed by atoms with Crippen molar-refractivity contribution in [1.29, 1.82) is 0 Å². The highest BCUT2D eigenvalue weighted by molar-refractivity contribution is 5.96. The van der Waals surface area contributed by atoms with E-state index in [1.54, 1.807) is 0 Å². The van der Waals surface area contributed by atoms with E-state index >= 15 is 0 Å². The minimum Gasteiger partial charge on any atom is -0.228 e. The summed E-state index contributed by atoms with van der Waals surface area (Å²) in [5.41, 5.74) is 12.2. The summed E-state index contributed by atoms with van der Waals surface area (Å²) in [6.07, 6.45) is 0. The van der Waals surface area contributed by atoms with Gasteiger partial charge in [0.15, 0.2) is 11.6 Å². The molecular weight excluding hydrogens is 609 g/mol. The Hall–Kier alpha value is -6.78. The lowest BCUT2D eigenvalue weighted by Gasteiger charge is -2.12. The van der Waals surface area contributed by atoms with Crippen LogP contribution in [0.15, 0.2) is 182 Å². The van der Waals surface area contributed by atoms with Gasteiger partial charge in [-0.25, -0.2) is 19.9 Å². The summed E-state index contributed by atoms with van der Waals surface area (Å²) in [4.78, 5) is 20.4. The Bertz CT molecular complexity index is 2630. The lowest BCUT2D eigenvalue weighted by molar-refractivity contribution is 1.22. The number of rotatable bonds is 6. The van der Waals surface area contributed by atoms with Gasteiger partial charge < -0.3 is 0 Å². The van der Waals surface area contributed by atoms with E-state index in [0.29, 0.717) is 11.6 Å². The van der Waals surface area contributed by atoms with Gasteiger partial charge in [-0.3, -0.25) is 0 Å². The van der Waals surface area contributed by atoms with Crippen molar-refractivity contribution in [1.82, 2.24) is 19.9 Å². The first-order valence-corrected chi connectivity index (χ1v) is 16.7. The van der Waals surface area contributed by atoms with Crippen molar-refractivity contribution in [2.45, 2.75) is 0 Å². The Morgan fingerprint density at radius 1 is 0.240 bits per heavy atom. The molecule has 0 aliphatic carbocycles. The van der Waals surface area contributed by atoms with Crippen LogP contribution in [0.1, 0.15) is 0 Å². The second kappa shape index (κ2) is 12.7. The average Bonchev–Trinajstić information content (AvgIpc) is 3.21. The summed E-state index contributed by atoms with van der Waals surface area (Å²) in [6.45, 7) is 0. The first-order chi connectivity index (χ1) is 24.8. The second-order valence-corrected chi connectivity index (χ2v) is 12.3. The number of para-hydroxylation sites is 2. The second-order valence-electron chi connectivity index (χ2n) is 12.3. The van der Waals surface area contributed by atoms with Crippen molar-refractivity contribution in [2.24, 2.45) is 0 Å². The van der Waals surface area contributed by atoms with Crippen molar-refractivity contribution in [3.05, 3.63) is 182 Å². The van der Waals surface area contributed by atoms with E-state index in [-0.39, 0.29) is 0 Å². The third-order valence-corrected chi connectivity index (χ3v) is 9.09. The van der Waals surface area contributed by atoms with Crippen LogP contribution >= 0.6 is 0 Å². The Labute approximate surface area is 290 Å². The Balaban J connectivity index is 1.12. The van der Waals surface area contributed by atoms with Crippen LogP contribution in [0.4, 0.5) is 0 Å². The molecule has 0 N–H and O–H groups in total. The zero-order valence-corrected chi connectivity index (χ0v) is 27.1.